The van der Waals surface area contributed by atoms with E-state index in [0.29, 0.717) is 12.1 Å². The highest BCUT2D eigenvalue weighted by atomic mass is 16.5. The summed E-state index contributed by atoms with van der Waals surface area (Å²) < 4.78 is 5.52. The minimum atomic E-state index is 0.0785. The molecule has 14 heavy (non-hydrogen) atoms. The van der Waals surface area contributed by atoms with E-state index in [2.05, 4.69) is 19.2 Å². The van der Waals surface area contributed by atoms with Crippen LogP contribution in [0.1, 0.15) is 39.5 Å². The predicted octanol–water partition coefficient (Wildman–Crippen LogP) is 1.30. The molecule has 0 unspecified atom stereocenters. The van der Waals surface area contributed by atoms with Crippen molar-refractivity contribution in [2.75, 3.05) is 13.2 Å². The molecule has 84 valence electrons. The molecule has 1 heterocycles. The molecule has 0 aromatic heterocycles. The number of rotatable bonds is 5. The summed E-state index contributed by atoms with van der Waals surface area (Å²) in [5.41, 5.74) is 0. The summed E-state index contributed by atoms with van der Waals surface area (Å²) >= 11 is 0. The molecule has 0 saturated carbocycles. The minimum absolute atomic E-state index is 0.0785. The van der Waals surface area contributed by atoms with Gasteiger partial charge in [0.05, 0.1) is 19.3 Å². The number of nitrogens with one attached hydrogen (secondary N) is 1. The molecule has 0 aliphatic carbocycles. The van der Waals surface area contributed by atoms with Crippen LogP contribution in [0.5, 0.6) is 0 Å². The molecule has 1 rings (SSSR count). The zero-order valence-electron chi connectivity index (χ0n) is 9.33. The lowest BCUT2D eigenvalue weighted by Crippen LogP contribution is -2.45. The number of aliphatic hydroxyl groups excluding tert-OH is 1. The summed E-state index contributed by atoms with van der Waals surface area (Å²) in [6.45, 7) is 5.34. The van der Waals surface area contributed by atoms with Crippen molar-refractivity contribution in [1.29, 1.82) is 0 Å². The maximum atomic E-state index is 8.91. The minimum Gasteiger partial charge on any atom is -0.394 e. The van der Waals surface area contributed by atoms with E-state index >= 15 is 0 Å². The zero-order valence-corrected chi connectivity index (χ0v) is 9.33. The van der Waals surface area contributed by atoms with Gasteiger partial charge in [-0.05, 0) is 25.7 Å². The number of hydrogen-bond donors (Lipinski definition) is 2. The normalized spacial score (nSPS) is 28.3. The van der Waals surface area contributed by atoms with E-state index in [9.17, 15) is 0 Å². The van der Waals surface area contributed by atoms with Gasteiger partial charge in [-0.25, -0.2) is 0 Å². The molecule has 1 saturated heterocycles. The predicted molar refractivity (Wildman–Crippen MR) is 57.4 cm³/mol. The third-order valence-electron chi connectivity index (χ3n) is 3.03. The molecule has 1 aliphatic heterocycles. The Balaban J connectivity index is 2.21. The lowest BCUT2D eigenvalue weighted by Gasteiger charge is -2.31. The van der Waals surface area contributed by atoms with Gasteiger partial charge in [0.2, 0.25) is 0 Å². The second kappa shape index (κ2) is 6.38. The van der Waals surface area contributed by atoms with Crippen molar-refractivity contribution < 1.29 is 9.84 Å². The Kier molecular flexibility index (Phi) is 5.45. The molecule has 1 fully saturated rings. The molecule has 0 spiro atoms. The highest BCUT2D eigenvalue weighted by molar-refractivity contribution is 4.78. The van der Waals surface area contributed by atoms with Gasteiger partial charge in [0.1, 0.15) is 0 Å². The van der Waals surface area contributed by atoms with Crippen molar-refractivity contribution >= 4 is 0 Å². The molecule has 3 heteroatoms. The first kappa shape index (κ1) is 12.0. The summed E-state index contributed by atoms with van der Waals surface area (Å²) in [5.74, 6) is 0. The molecule has 0 amide bonds. The molecule has 0 bridgehead atoms. The van der Waals surface area contributed by atoms with E-state index in [0.717, 1.165) is 19.4 Å². The molecule has 3 nitrogen and oxygen atoms in total. The van der Waals surface area contributed by atoms with E-state index in [4.69, 9.17) is 9.84 Å². The van der Waals surface area contributed by atoms with E-state index in [1.165, 1.54) is 12.8 Å². The second-order valence-electron chi connectivity index (χ2n) is 4.09. The van der Waals surface area contributed by atoms with E-state index < -0.39 is 0 Å². The van der Waals surface area contributed by atoms with Gasteiger partial charge in [-0.3, -0.25) is 0 Å². The van der Waals surface area contributed by atoms with Crippen molar-refractivity contribution in [1.82, 2.24) is 5.32 Å². The number of hydrogen-bond acceptors (Lipinski definition) is 3. The second-order valence-corrected chi connectivity index (χ2v) is 4.09. The van der Waals surface area contributed by atoms with Crippen LogP contribution in [-0.4, -0.2) is 36.5 Å². The van der Waals surface area contributed by atoms with Crippen LogP contribution in [-0.2, 0) is 4.74 Å². The summed E-state index contributed by atoms with van der Waals surface area (Å²) in [4.78, 5) is 0. The molecule has 2 atom stereocenters. The topological polar surface area (TPSA) is 41.5 Å². The first-order chi connectivity index (χ1) is 6.80. The Morgan fingerprint density at radius 3 is 2.50 bits per heavy atom. The van der Waals surface area contributed by atoms with Gasteiger partial charge < -0.3 is 15.2 Å². The van der Waals surface area contributed by atoms with Crippen molar-refractivity contribution in [2.24, 2.45) is 0 Å². The highest BCUT2D eigenvalue weighted by Crippen LogP contribution is 2.14. The Bertz CT molecular complexity index is 140. The molecule has 0 radical (unpaired) electrons. The van der Waals surface area contributed by atoms with Crippen molar-refractivity contribution in [3.8, 4) is 0 Å². The molecule has 0 aromatic rings. The van der Waals surface area contributed by atoms with Crippen LogP contribution in [0.2, 0.25) is 0 Å². The third kappa shape index (κ3) is 3.56. The van der Waals surface area contributed by atoms with Crippen LogP contribution in [0.25, 0.3) is 0 Å². The van der Waals surface area contributed by atoms with Gasteiger partial charge in [-0.15, -0.1) is 0 Å². The van der Waals surface area contributed by atoms with Gasteiger partial charge in [0.15, 0.2) is 0 Å². The first-order valence-electron chi connectivity index (χ1n) is 5.78. The average Bonchev–Trinajstić information content (AvgIpc) is 2.26. The Labute approximate surface area is 86.8 Å². The Hall–Kier alpha value is -0.120. The molecular weight excluding hydrogens is 178 g/mol. The number of aliphatic hydroxyl groups is 1. The largest absolute Gasteiger partial charge is 0.394 e. The molecular formula is C11H23NO2. The lowest BCUT2D eigenvalue weighted by atomic mass is 10.0. The first-order valence-corrected chi connectivity index (χ1v) is 5.78. The summed E-state index contributed by atoms with van der Waals surface area (Å²) in [6, 6.07) is 1.11. The average molecular weight is 201 g/mol. The molecule has 1 aliphatic rings. The summed E-state index contributed by atoms with van der Waals surface area (Å²) in [7, 11) is 0. The van der Waals surface area contributed by atoms with Crippen LogP contribution in [0.4, 0.5) is 0 Å². The van der Waals surface area contributed by atoms with E-state index in [-0.39, 0.29) is 12.7 Å². The fraction of sp³-hybridized carbons (Fsp3) is 1.00. The van der Waals surface area contributed by atoms with Gasteiger partial charge in [-0.2, -0.15) is 0 Å². The van der Waals surface area contributed by atoms with Crippen LogP contribution in [0.15, 0.2) is 0 Å². The smallest absolute Gasteiger partial charge is 0.0807 e. The summed E-state index contributed by atoms with van der Waals surface area (Å²) in [5, 5.41) is 12.5. The van der Waals surface area contributed by atoms with Crippen LogP contribution in [0.3, 0.4) is 0 Å². The standard InChI is InChI=1S/C11H23NO2/c1-3-9(4-2)12-10-5-6-11(7-13)14-8-10/h9-13H,3-8H2,1-2H3/t10-,11+/m0/s1. The van der Waals surface area contributed by atoms with Crippen LogP contribution >= 0.6 is 0 Å². The van der Waals surface area contributed by atoms with Gasteiger partial charge in [0, 0.05) is 12.1 Å². The van der Waals surface area contributed by atoms with Crippen molar-refractivity contribution in [3.05, 3.63) is 0 Å². The fourth-order valence-electron chi connectivity index (χ4n) is 1.94. The van der Waals surface area contributed by atoms with Gasteiger partial charge in [0.25, 0.3) is 0 Å². The SMILES string of the molecule is CCC(CC)N[C@H]1CC[C@H](CO)OC1. The maximum absolute atomic E-state index is 8.91. The molecule has 2 N–H and O–H groups in total. The summed E-state index contributed by atoms with van der Waals surface area (Å²) in [6.07, 6.45) is 4.54. The van der Waals surface area contributed by atoms with Crippen molar-refractivity contribution in [3.63, 3.8) is 0 Å². The van der Waals surface area contributed by atoms with E-state index in [1.807, 2.05) is 0 Å². The van der Waals surface area contributed by atoms with Crippen molar-refractivity contribution in [2.45, 2.75) is 57.7 Å². The zero-order chi connectivity index (χ0) is 10.4. The fourth-order valence-corrected chi connectivity index (χ4v) is 1.94. The third-order valence-corrected chi connectivity index (χ3v) is 3.03. The van der Waals surface area contributed by atoms with E-state index in [1.54, 1.807) is 0 Å². The quantitative estimate of drug-likeness (QED) is 0.704. The molecule has 0 aromatic carbocycles. The number of ether oxygens (including phenoxy) is 1. The van der Waals surface area contributed by atoms with Crippen LogP contribution in [0, 0.1) is 0 Å². The Morgan fingerprint density at radius 1 is 1.36 bits per heavy atom. The maximum Gasteiger partial charge on any atom is 0.0807 e. The Morgan fingerprint density at radius 2 is 2.07 bits per heavy atom. The highest BCUT2D eigenvalue weighted by Gasteiger charge is 2.21. The lowest BCUT2D eigenvalue weighted by molar-refractivity contribution is -0.0335. The monoisotopic (exact) mass is 201 g/mol. The van der Waals surface area contributed by atoms with Crippen LogP contribution < -0.4 is 5.32 Å². The van der Waals surface area contributed by atoms with Gasteiger partial charge >= 0.3 is 0 Å². The van der Waals surface area contributed by atoms with Gasteiger partial charge in [-0.1, -0.05) is 13.8 Å².